The van der Waals surface area contributed by atoms with Crippen LogP contribution >= 0.6 is 0 Å². The quantitative estimate of drug-likeness (QED) is 0.818. The predicted octanol–water partition coefficient (Wildman–Crippen LogP) is 3.11. The average Bonchev–Trinajstić information content (AvgIpc) is 2.93. The Bertz CT molecular complexity index is 729. The molecule has 0 N–H and O–H groups in total. The number of halogens is 2. The molecule has 0 unspecified atom stereocenters. The molecule has 3 aliphatic rings. The number of sulfone groups is 1. The standard InChI is InChI=1S/C18H23F2NO2S/c19-16-6-3-14(9-17(16)20)13-1-4-15(5-2-13)21-8-7-18(10-21)11-24(22,23)12-18/h3,6,9,13,15H,1-2,4-5,7-8,10-12H2/t13-,15+. The summed E-state index contributed by atoms with van der Waals surface area (Å²) in [6, 6.07) is 4.77. The first kappa shape index (κ1) is 16.5. The lowest BCUT2D eigenvalue weighted by atomic mass is 9.81. The summed E-state index contributed by atoms with van der Waals surface area (Å²) in [5, 5.41) is 0. The number of hydrogen-bond donors (Lipinski definition) is 0. The molecule has 0 atom stereocenters. The van der Waals surface area contributed by atoms with Crippen LogP contribution in [0.5, 0.6) is 0 Å². The van der Waals surface area contributed by atoms with Gasteiger partial charge in [0.2, 0.25) is 0 Å². The molecule has 2 aliphatic heterocycles. The molecule has 1 aliphatic carbocycles. The molecule has 1 spiro atoms. The SMILES string of the molecule is O=S1(=O)CC2(CCN([C@H]3CC[C@@H](c4ccc(F)c(F)c4)CC3)C2)C1. The van der Waals surface area contributed by atoms with Crippen molar-refractivity contribution in [3.8, 4) is 0 Å². The van der Waals surface area contributed by atoms with Gasteiger partial charge in [0.15, 0.2) is 21.5 Å². The Morgan fingerprint density at radius 3 is 2.38 bits per heavy atom. The molecule has 0 amide bonds. The van der Waals surface area contributed by atoms with Gasteiger partial charge in [-0.25, -0.2) is 17.2 Å². The van der Waals surface area contributed by atoms with Crippen LogP contribution in [-0.2, 0) is 9.84 Å². The second-order valence-electron chi connectivity index (χ2n) is 7.93. The van der Waals surface area contributed by atoms with Gasteiger partial charge in [-0.05, 0) is 62.3 Å². The van der Waals surface area contributed by atoms with Gasteiger partial charge in [-0.3, -0.25) is 4.90 Å². The summed E-state index contributed by atoms with van der Waals surface area (Å²) < 4.78 is 49.5. The molecule has 3 nitrogen and oxygen atoms in total. The normalized spacial score (nSPS) is 31.9. The maximum absolute atomic E-state index is 13.4. The minimum atomic E-state index is -2.77. The second-order valence-corrected chi connectivity index (χ2v) is 10.00. The molecule has 3 fully saturated rings. The van der Waals surface area contributed by atoms with Crippen molar-refractivity contribution in [2.24, 2.45) is 5.41 Å². The first-order valence-electron chi connectivity index (χ1n) is 8.75. The Kier molecular flexibility index (Phi) is 3.95. The summed E-state index contributed by atoms with van der Waals surface area (Å²) in [6.07, 6.45) is 5.06. The lowest BCUT2D eigenvalue weighted by molar-refractivity contribution is 0.164. The van der Waals surface area contributed by atoms with E-state index in [1.807, 2.05) is 0 Å². The molecule has 2 heterocycles. The van der Waals surface area contributed by atoms with E-state index in [0.717, 1.165) is 50.8 Å². The topological polar surface area (TPSA) is 37.4 Å². The zero-order chi connectivity index (χ0) is 16.9. The summed E-state index contributed by atoms with van der Waals surface area (Å²) in [5.74, 6) is -0.522. The van der Waals surface area contributed by atoms with Crippen LogP contribution in [0.1, 0.15) is 43.6 Å². The number of hydrogen-bond acceptors (Lipinski definition) is 3. The van der Waals surface area contributed by atoms with Gasteiger partial charge in [0.25, 0.3) is 0 Å². The summed E-state index contributed by atoms with van der Waals surface area (Å²) in [5.41, 5.74) is 0.922. The smallest absolute Gasteiger partial charge is 0.159 e. The Morgan fingerprint density at radius 1 is 1.04 bits per heavy atom. The summed E-state index contributed by atoms with van der Waals surface area (Å²) >= 11 is 0. The largest absolute Gasteiger partial charge is 0.300 e. The highest BCUT2D eigenvalue weighted by Gasteiger charge is 2.52. The van der Waals surface area contributed by atoms with Crippen molar-refractivity contribution < 1.29 is 17.2 Å². The van der Waals surface area contributed by atoms with Crippen LogP contribution in [0.4, 0.5) is 8.78 Å². The van der Waals surface area contributed by atoms with E-state index in [1.165, 1.54) is 12.1 Å². The van der Waals surface area contributed by atoms with Crippen LogP contribution in [0.15, 0.2) is 18.2 Å². The van der Waals surface area contributed by atoms with Gasteiger partial charge in [0.05, 0.1) is 11.5 Å². The Morgan fingerprint density at radius 2 is 1.75 bits per heavy atom. The van der Waals surface area contributed by atoms with Gasteiger partial charge >= 0.3 is 0 Å². The van der Waals surface area contributed by atoms with Gasteiger partial charge in [0.1, 0.15) is 0 Å². The van der Waals surface area contributed by atoms with E-state index in [0.29, 0.717) is 23.5 Å². The zero-order valence-electron chi connectivity index (χ0n) is 13.7. The van der Waals surface area contributed by atoms with Crippen molar-refractivity contribution in [1.82, 2.24) is 4.90 Å². The van der Waals surface area contributed by atoms with E-state index in [1.54, 1.807) is 6.07 Å². The first-order valence-corrected chi connectivity index (χ1v) is 10.6. The van der Waals surface area contributed by atoms with E-state index in [4.69, 9.17) is 0 Å². The molecule has 24 heavy (non-hydrogen) atoms. The van der Waals surface area contributed by atoms with Gasteiger partial charge in [0, 0.05) is 18.0 Å². The van der Waals surface area contributed by atoms with Crippen molar-refractivity contribution in [2.75, 3.05) is 24.6 Å². The molecule has 0 bridgehead atoms. The molecule has 0 aromatic heterocycles. The third-order valence-corrected chi connectivity index (χ3v) is 8.25. The number of likely N-dealkylation sites (tertiary alicyclic amines) is 1. The highest BCUT2D eigenvalue weighted by molar-refractivity contribution is 7.92. The van der Waals surface area contributed by atoms with E-state index >= 15 is 0 Å². The molecular formula is C18H23F2NO2S. The predicted molar refractivity (Wildman–Crippen MR) is 88.6 cm³/mol. The summed E-state index contributed by atoms with van der Waals surface area (Å²) in [7, 11) is -2.77. The molecule has 2 saturated heterocycles. The maximum Gasteiger partial charge on any atom is 0.159 e. The number of rotatable bonds is 2. The van der Waals surface area contributed by atoms with Gasteiger partial charge in [-0.15, -0.1) is 0 Å². The zero-order valence-corrected chi connectivity index (χ0v) is 14.5. The average molecular weight is 355 g/mol. The summed E-state index contributed by atoms with van der Waals surface area (Å²) in [6.45, 7) is 1.91. The molecule has 1 aromatic carbocycles. The third-order valence-electron chi connectivity index (χ3n) is 6.15. The Balaban J connectivity index is 1.34. The van der Waals surface area contributed by atoms with E-state index in [9.17, 15) is 17.2 Å². The molecule has 6 heteroatoms. The molecule has 1 aromatic rings. The highest BCUT2D eigenvalue weighted by Crippen LogP contribution is 2.44. The molecule has 132 valence electrons. The monoisotopic (exact) mass is 355 g/mol. The van der Waals surface area contributed by atoms with Gasteiger partial charge < -0.3 is 0 Å². The fraction of sp³-hybridized carbons (Fsp3) is 0.667. The number of nitrogens with zero attached hydrogens (tertiary/aromatic N) is 1. The maximum atomic E-state index is 13.4. The molecule has 1 saturated carbocycles. The highest BCUT2D eigenvalue weighted by atomic mass is 32.2. The molecule has 4 rings (SSSR count). The van der Waals surface area contributed by atoms with Crippen LogP contribution in [0.3, 0.4) is 0 Å². The van der Waals surface area contributed by atoms with Crippen LogP contribution in [0.25, 0.3) is 0 Å². The van der Waals surface area contributed by atoms with Crippen molar-refractivity contribution >= 4 is 9.84 Å². The van der Waals surface area contributed by atoms with Gasteiger partial charge in [-0.1, -0.05) is 6.07 Å². The van der Waals surface area contributed by atoms with Crippen molar-refractivity contribution in [1.29, 1.82) is 0 Å². The van der Waals surface area contributed by atoms with Crippen molar-refractivity contribution in [3.05, 3.63) is 35.4 Å². The Labute approximate surface area is 142 Å². The number of benzene rings is 1. The minimum Gasteiger partial charge on any atom is -0.300 e. The van der Waals surface area contributed by atoms with Crippen molar-refractivity contribution in [2.45, 2.75) is 44.1 Å². The lowest BCUT2D eigenvalue weighted by Crippen LogP contribution is -2.51. The fourth-order valence-corrected chi connectivity index (χ4v) is 7.20. The minimum absolute atomic E-state index is 0.0236. The third kappa shape index (κ3) is 2.99. The first-order chi connectivity index (χ1) is 11.4. The molecule has 0 radical (unpaired) electrons. The van der Waals surface area contributed by atoms with E-state index in [2.05, 4.69) is 4.90 Å². The fourth-order valence-electron chi connectivity index (χ4n) is 4.95. The second kappa shape index (κ2) is 5.77. The van der Waals surface area contributed by atoms with Crippen LogP contribution in [-0.4, -0.2) is 44.0 Å². The van der Waals surface area contributed by atoms with Crippen LogP contribution < -0.4 is 0 Å². The Hall–Kier alpha value is -1.01. The van der Waals surface area contributed by atoms with Gasteiger partial charge in [-0.2, -0.15) is 0 Å². The van der Waals surface area contributed by atoms with Crippen molar-refractivity contribution in [3.63, 3.8) is 0 Å². The van der Waals surface area contributed by atoms with E-state index in [-0.39, 0.29) is 5.41 Å². The molecular weight excluding hydrogens is 332 g/mol. The lowest BCUT2D eigenvalue weighted by Gasteiger charge is -2.40. The van der Waals surface area contributed by atoms with Crippen LogP contribution in [0, 0.1) is 17.0 Å². The van der Waals surface area contributed by atoms with E-state index < -0.39 is 21.5 Å². The summed E-state index contributed by atoms with van der Waals surface area (Å²) in [4.78, 5) is 2.47. The van der Waals surface area contributed by atoms with Crippen LogP contribution in [0.2, 0.25) is 0 Å².